The average Bonchev–Trinajstić information content (AvgIpc) is 2.62. The fraction of sp³-hybridized carbons (Fsp3) is 0.235. The van der Waals surface area contributed by atoms with Gasteiger partial charge in [-0.25, -0.2) is 4.79 Å². The lowest BCUT2D eigenvalue weighted by atomic mass is 10.2. The minimum Gasteiger partial charge on any atom is -0.465 e. The Hall–Kier alpha value is -3.69. The summed E-state index contributed by atoms with van der Waals surface area (Å²) >= 11 is 0. The molecule has 1 aromatic carbocycles. The van der Waals surface area contributed by atoms with Crippen LogP contribution in [0.4, 0.5) is 17.1 Å². The summed E-state index contributed by atoms with van der Waals surface area (Å²) in [5, 5.41) is 13.6. The molecule has 0 fully saturated rings. The van der Waals surface area contributed by atoms with Crippen LogP contribution in [0.5, 0.6) is 0 Å². The zero-order chi connectivity index (χ0) is 20.1. The third kappa shape index (κ3) is 4.69. The highest BCUT2D eigenvalue weighted by molar-refractivity contribution is 5.92. The summed E-state index contributed by atoms with van der Waals surface area (Å²) in [6, 6.07) is 7.78. The van der Waals surface area contributed by atoms with E-state index in [2.05, 4.69) is 10.1 Å². The van der Waals surface area contributed by atoms with Crippen molar-refractivity contribution < 1.29 is 19.2 Å². The first-order valence-corrected chi connectivity index (χ1v) is 7.77. The number of carbonyl (C=O) groups excluding carboxylic acids is 2. The molecule has 0 spiro atoms. The Bertz CT molecular complexity index is 933. The Morgan fingerprint density at radius 1 is 1.26 bits per heavy atom. The second-order valence-corrected chi connectivity index (χ2v) is 5.79. The fourth-order valence-corrected chi connectivity index (χ4v) is 2.30. The standard InChI is InChI=1S/C17H18N4O6/c1-19(2)13-6-4-12(5-7-13)18-15(22)10-20-9-11(17(24)27-3)8-14(16(20)23)21(25)26/h4-9H,10H2,1-3H3,(H,18,22). The molecular weight excluding hydrogens is 356 g/mol. The summed E-state index contributed by atoms with van der Waals surface area (Å²) in [5.41, 5.74) is -0.582. The van der Waals surface area contributed by atoms with Gasteiger partial charge in [-0.15, -0.1) is 0 Å². The van der Waals surface area contributed by atoms with E-state index in [1.807, 2.05) is 19.0 Å². The number of hydrogen-bond acceptors (Lipinski definition) is 7. The largest absolute Gasteiger partial charge is 0.465 e. The lowest BCUT2D eigenvalue weighted by Crippen LogP contribution is -2.29. The molecule has 0 atom stereocenters. The van der Waals surface area contributed by atoms with Crippen LogP contribution < -0.4 is 15.8 Å². The molecule has 1 N–H and O–H groups in total. The van der Waals surface area contributed by atoms with Gasteiger partial charge in [0.1, 0.15) is 6.54 Å². The molecule has 142 valence electrons. The monoisotopic (exact) mass is 374 g/mol. The first-order valence-electron chi connectivity index (χ1n) is 7.77. The summed E-state index contributed by atoms with van der Waals surface area (Å²) < 4.78 is 5.32. The maximum Gasteiger partial charge on any atom is 0.339 e. The Balaban J connectivity index is 2.25. The van der Waals surface area contributed by atoms with Crippen LogP contribution in [0.15, 0.2) is 41.3 Å². The van der Waals surface area contributed by atoms with Gasteiger partial charge in [-0.1, -0.05) is 0 Å². The van der Waals surface area contributed by atoms with E-state index in [9.17, 15) is 24.5 Å². The van der Waals surface area contributed by atoms with Crippen molar-refractivity contribution in [3.05, 3.63) is 62.6 Å². The predicted octanol–water partition coefficient (Wildman–Crippen LogP) is 1.25. The maximum atomic E-state index is 12.2. The van der Waals surface area contributed by atoms with Gasteiger partial charge in [0, 0.05) is 37.7 Å². The topological polar surface area (TPSA) is 124 Å². The number of amides is 1. The van der Waals surface area contributed by atoms with E-state index < -0.39 is 34.6 Å². The Morgan fingerprint density at radius 3 is 2.41 bits per heavy atom. The van der Waals surface area contributed by atoms with E-state index in [0.29, 0.717) is 5.69 Å². The number of nitrogens with zero attached hydrogens (tertiary/aromatic N) is 3. The molecular formula is C17H18N4O6. The van der Waals surface area contributed by atoms with Crippen LogP contribution in [0, 0.1) is 10.1 Å². The van der Waals surface area contributed by atoms with E-state index in [-0.39, 0.29) is 5.56 Å². The van der Waals surface area contributed by atoms with Gasteiger partial charge in [-0.05, 0) is 24.3 Å². The number of anilines is 2. The molecule has 0 aliphatic heterocycles. The third-order valence-electron chi connectivity index (χ3n) is 3.67. The van der Waals surface area contributed by atoms with Crippen molar-refractivity contribution in [1.29, 1.82) is 0 Å². The van der Waals surface area contributed by atoms with Crippen LogP contribution in [0.2, 0.25) is 0 Å². The summed E-state index contributed by atoms with van der Waals surface area (Å²) in [6.45, 7) is -0.500. The van der Waals surface area contributed by atoms with E-state index in [1.54, 1.807) is 24.3 Å². The minimum atomic E-state index is -0.995. The quantitative estimate of drug-likeness (QED) is 0.458. The van der Waals surface area contributed by atoms with Crippen LogP contribution >= 0.6 is 0 Å². The van der Waals surface area contributed by atoms with E-state index in [4.69, 9.17) is 0 Å². The average molecular weight is 374 g/mol. The molecule has 0 bridgehead atoms. The lowest BCUT2D eigenvalue weighted by molar-refractivity contribution is -0.386. The number of nitrogens with one attached hydrogen (secondary N) is 1. The smallest absolute Gasteiger partial charge is 0.339 e. The van der Waals surface area contributed by atoms with Gasteiger partial charge in [-0.3, -0.25) is 24.3 Å². The van der Waals surface area contributed by atoms with Crippen LogP contribution in [0.1, 0.15) is 10.4 Å². The number of esters is 1. The number of carbonyl (C=O) groups is 2. The number of rotatable bonds is 6. The zero-order valence-electron chi connectivity index (χ0n) is 15.0. The second-order valence-electron chi connectivity index (χ2n) is 5.79. The molecule has 0 saturated carbocycles. The van der Waals surface area contributed by atoms with Crippen molar-refractivity contribution in [2.45, 2.75) is 6.54 Å². The molecule has 10 heteroatoms. The maximum absolute atomic E-state index is 12.2. The molecule has 0 saturated heterocycles. The van der Waals surface area contributed by atoms with E-state index >= 15 is 0 Å². The SMILES string of the molecule is COC(=O)c1cc([N+](=O)[O-])c(=O)n(CC(=O)Nc2ccc(N(C)C)cc2)c1. The number of benzene rings is 1. The molecule has 0 aliphatic rings. The highest BCUT2D eigenvalue weighted by Gasteiger charge is 2.21. The zero-order valence-corrected chi connectivity index (χ0v) is 15.0. The highest BCUT2D eigenvalue weighted by Crippen LogP contribution is 2.16. The van der Waals surface area contributed by atoms with Gasteiger partial charge in [0.25, 0.3) is 0 Å². The molecule has 0 aliphatic carbocycles. The molecule has 0 unspecified atom stereocenters. The molecule has 1 aromatic heterocycles. The third-order valence-corrected chi connectivity index (χ3v) is 3.67. The van der Waals surface area contributed by atoms with Crippen molar-refractivity contribution in [2.75, 3.05) is 31.4 Å². The number of hydrogen-bond donors (Lipinski definition) is 1. The minimum absolute atomic E-state index is 0.202. The van der Waals surface area contributed by atoms with Gasteiger partial charge in [-0.2, -0.15) is 0 Å². The van der Waals surface area contributed by atoms with Crippen molar-refractivity contribution in [3.63, 3.8) is 0 Å². The summed E-state index contributed by atoms with van der Waals surface area (Å²) in [4.78, 5) is 48.0. The van der Waals surface area contributed by atoms with Crippen LogP contribution in [0.3, 0.4) is 0 Å². The van der Waals surface area contributed by atoms with Crippen molar-refractivity contribution in [1.82, 2.24) is 4.57 Å². The Morgan fingerprint density at radius 2 is 1.89 bits per heavy atom. The molecule has 2 rings (SSSR count). The number of ether oxygens (including phenoxy) is 1. The highest BCUT2D eigenvalue weighted by atomic mass is 16.6. The van der Waals surface area contributed by atoms with Gasteiger partial charge in [0.2, 0.25) is 5.91 Å². The molecule has 2 aromatic rings. The van der Waals surface area contributed by atoms with E-state index in [1.165, 1.54) is 0 Å². The van der Waals surface area contributed by atoms with Crippen molar-refractivity contribution in [3.8, 4) is 0 Å². The molecule has 0 radical (unpaired) electrons. The Kier molecular flexibility index (Phi) is 5.91. The van der Waals surface area contributed by atoms with Crippen LogP contribution in [-0.4, -0.2) is 42.6 Å². The van der Waals surface area contributed by atoms with Crippen LogP contribution in [0.25, 0.3) is 0 Å². The first-order chi connectivity index (χ1) is 12.7. The molecule has 1 amide bonds. The number of pyridine rings is 1. The predicted molar refractivity (Wildman–Crippen MR) is 98.1 cm³/mol. The second kappa shape index (κ2) is 8.13. The van der Waals surface area contributed by atoms with E-state index in [0.717, 1.165) is 29.6 Å². The first kappa shape index (κ1) is 19.6. The van der Waals surface area contributed by atoms with Crippen molar-refractivity contribution in [2.24, 2.45) is 0 Å². The van der Waals surface area contributed by atoms with Gasteiger partial charge < -0.3 is 15.0 Å². The number of methoxy groups -OCH3 is 1. The fourth-order valence-electron chi connectivity index (χ4n) is 2.30. The number of nitro groups is 1. The molecule has 10 nitrogen and oxygen atoms in total. The molecule has 1 heterocycles. The van der Waals surface area contributed by atoms with Gasteiger partial charge in [0.15, 0.2) is 0 Å². The van der Waals surface area contributed by atoms with Crippen LogP contribution in [-0.2, 0) is 16.1 Å². The lowest BCUT2D eigenvalue weighted by Gasteiger charge is -2.13. The summed E-state index contributed by atoms with van der Waals surface area (Å²) in [7, 11) is 4.86. The normalized spacial score (nSPS) is 10.2. The van der Waals surface area contributed by atoms with Gasteiger partial charge in [0.05, 0.1) is 17.6 Å². The van der Waals surface area contributed by atoms with Gasteiger partial charge >= 0.3 is 17.2 Å². The summed E-state index contributed by atoms with van der Waals surface area (Å²) in [5.74, 6) is -1.43. The number of aromatic nitrogens is 1. The molecule has 27 heavy (non-hydrogen) atoms. The Labute approximate surface area is 154 Å². The van der Waals surface area contributed by atoms with Crippen molar-refractivity contribution >= 4 is 28.9 Å². The summed E-state index contributed by atoms with van der Waals surface area (Å²) in [6.07, 6.45) is 1.05.